The molecule has 2 aromatic rings. The third kappa shape index (κ3) is 1.55. The van der Waals surface area contributed by atoms with Crippen molar-refractivity contribution < 1.29 is 16.8 Å². The summed E-state index contributed by atoms with van der Waals surface area (Å²) in [5.74, 6) is 0. The van der Waals surface area contributed by atoms with E-state index in [4.69, 9.17) is 0 Å². The van der Waals surface area contributed by atoms with Gasteiger partial charge in [-0.1, -0.05) is 0 Å². The minimum Gasteiger partial charge on any atom is -0.255 e. The first-order chi connectivity index (χ1) is 4.97. The maximum Gasteiger partial charge on any atom is 0.0886 e. The first kappa shape index (κ1) is 8.17. The molecule has 2 rings (SSSR count). The van der Waals surface area contributed by atoms with Gasteiger partial charge in [0.25, 0.3) is 0 Å². The van der Waals surface area contributed by atoms with E-state index in [2.05, 4.69) is 9.97 Å². The van der Waals surface area contributed by atoms with Gasteiger partial charge in [0.1, 0.15) is 0 Å². The van der Waals surface area contributed by atoms with E-state index in [0.29, 0.717) is 0 Å². The maximum absolute atomic E-state index is 4.12. The molecule has 0 aliphatic heterocycles. The van der Waals surface area contributed by atoms with Gasteiger partial charge in [-0.25, -0.2) is 0 Å². The fourth-order valence-corrected chi connectivity index (χ4v) is 0.904. The first-order valence-electron chi connectivity index (χ1n) is 3.12. The molecule has 3 heteroatoms. The van der Waals surface area contributed by atoms with Gasteiger partial charge in [-0.05, 0) is 24.3 Å². The molecule has 0 saturated carbocycles. The van der Waals surface area contributed by atoms with Crippen LogP contribution >= 0.6 is 0 Å². The van der Waals surface area contributed by atoms with Crippen molar-refractivity contribution in [2.24, 2.45) is 0 Å². The summed E-state index contributed by atoms with van der Waals surface area (Å²) in [5.41, 5.74) is 1.90. The van der Waals surface area contributed by atoms with Crippen LogP contribution in [0.4, 0.5) is 0 Å². The molecule has 2 nitrogen and oxygen atoms in total. The fourth-order valence-electron chi connectivity index (χ4n) is 0.904. The summed E-state index contributed by atoms with van der Waals surface area (Å²) >= 11 is 0. The number of rotatable bonds is 0. The maximum atomic E-state index is 4.12. The molecule has 11 heavy (non-hydrogen) atoms. The van der Waals surface area contributed by atoms with E-state index in [-0.39, 0.29) is 16.8 Å². The number of aromatic nitrogens is 2. The largest absolute Gasteiger partial charge is 0.255 e. The molecule has 0 atom stereocenters. The van der Waals surface area contributed by atoms with Gasteiger partial charge in [-0.3, -0.25) is 9.97 Å². The molecule has 0 aliphatic rings. The number of hydrogen-bond acceptors (Lipinski definition) is 2. The molecular formula is C8H6CoN2. The van der Waals surface area contributed by atoms with E-state index in [1.54, 1.807) is 12.4 Å². The normalized spacial score (nSPS) is 9.09. The van der Waals surface area contributed by atoms with Crippen LogP contribution in [0.15, 0.2) is 36.7 Å². The van der Waals surface area contributed by atoms with Crippen molar-refractivity contribution in [3.63, 3.8) is 0 Å². The molecule has 0 saturated heterocycles. The molecule has 1 radical (unpaired) electrons. The van der Waals surface area contributed by atoms with Crippen molar-refractivity contribution in [3.05, 3.63) is 36.7 Å². The minimum atomic E-state index is 0. The van der Waals surface area contributed by atoms with Gasteiger partial charge >= 0.3 is 0 Å². The summed E-state index contributed by atoms with van der Waals surface area (Å²) in [6, 6.07) is 7.66. The quantitative estimate of drug-likeness (QED) is 0.629. The zero-order valence-electron chi connectivity index (χ0n) is 5.69. The van der Waals surface area contributed by atoms with Crippen molar-refractivity contribution in [1.82, 2.24) is 9.97 Å². The Balaban J connectivity index is 0.000000605. The predicted octanol–water partition coefficient (Wildman–Crippen LogP) is 1.63. The van der Waals surface area contributed by atoms with Crippen LogP contribution in [-0.4, -0.2) is 9.97 Å². The van der Waals surface area contributed by atoms with E-state index in [9.17, 15) is 0 Å². The second kappa shape index (κ2) is 3.46. The average Bonchev–Trinajstić information content (AvgIpc) is 2.05. The van der Waals surface area contributed by atoms with Crippen molar-refractivity contribution in [1.29, 1.82) is 0 Å². The predicted molar refractivity (Wildman–Crippen MR) is 39.5 cm³/mol. The van der Waals surface area contributed by atoms with Crippen LogP contribution in [0.1, 0.15) is 0 Å². The third-order valence-corrected chi connectivity index (χ3v) is 1.37. The van der Waals surface area contributed by atoms with E-state index in [1.807, 2.05) is 24.3 Å². The Kier molecular flexibility index (Phi) is 2.57. The van der Waals surface area contributed by atoms with Crippen molar-refractivity contribution in [3.8, 4) is 0 Å². The van der Waals surface area contributed by atoms with Crippen molar-refractivity contribution in [2.45, 2.75) is 0 Å². The van der Waals surface area contributed by atoms with Gasteiger partial charge in [0.15, 0.2) is 0 Å². The van der Waals surface area contributed by atoms with E-state index in [0.717, 1.165) is 11.0 Å². The van der Waals surface area contributed by atoms with Crippen molar-refractivity contribution in [2.75, 3.05) is 0 Å². The SMILES string of the molecule is [Co].c1cnc2cccnc2c1. The standard InChI is InChI=1S/C8H6N2.Co/c1-3-7-8(9-5-1)4-2-6-10-7;/h1-6H;. The molecule has 0 fully saturated rings. The molecule has 2 aromatic heterocycles. The minimum absolute atomic E-state index is 0. The Hall–Kier alpha value is -0.934. The molecule has 0 bridgehead atoms. The van der Waals surface area contributed by atoms with Gasteiger partial charge < -0.3 is 0 Å². The van der Waals surface area contributed by atoms with Gasteiger partial charge in [0.2, 0.25) is 0 Å². The van der Waals surface area contributed by atoms with Crippen LogP contribution in [0.2, 0.25) is 0 Å². The van der Waals surface area contributed by atoms with Gasteiger partial charge in [0, 0.05) is 29.2 Å². The molecular weight excluding hydrogens is 183 g/mol. The van der Waals surface area contributed by atoms with E-state index in [1.165, 1.54) is 0 Å². The summed E-state index contributed by atoms with van der Waals surface area (Å²) in [4.78, 5) is 8.24. The van der Waals surface area contributed by atoms with Crippen LogP contribution in [0.25, 0.3) is 11.0 Å². The first-order valence-corrected chi connectivity index (χ1v) is 3.12. The van der Waals surface area contributed by atoms with Gasteiger partial charge in [-0.2, -0.15) is 0 Å². The topological polar surface area (TPSA) is 25.8 Å². The van der Waals surface area contributed by atoms with Crippen LogP contribution in [-0.2, 0) is 16.8 Å². The average molecular weight is 189 g/mol. The molecule has 0 N–H and O–H groups in total. The Morgan fingerprint density at radius 1 is 0.818 bits per heavy atom. The summed E-state index contributed by atoms with van der Waals surface area (Å²) in [6.45, 7) is 0. The van der Waals surface area contributed by atoms with Crippen molar-refractivity contribution >= 4 is 11.0 Å². The summed E-state index contributed by atoms with van der Waals surface area (Å²) in [5, 5.41) is 0. The van der Waals surface area contributed by atoms with Crippen LogP contribution in [0.3, 0.4) is 0 Å². The van der Waals surface area contributed by atoms with Gasteiger partial charge in [-0.15, -0.1) is 0 Å². The molecule has 0 amide bonds. The zero-order valence-corrected chi connectivity index (χ0v) is 6.73. The molecule has 57 valence electrons. The third-order valence-electron chi connectivity index (χ3n) is 1.37. The second-order valence-electron chi connectivity index (χ2n) is 2.05. The van der Waals surface area contributed by atoms with Crippen LogP contribution < -0.4 is 0 Å². The molecule has 0 unspecified atom stereocenters. The second-order valence-corrected chi connectivity index (χ2v) is 2.05. The number of fused-ring (bicyclic) bond motifs is 1. The Bertz CT molecular complexity index is 283. The Morgan fingerprint density at radius 2 is 1.27 bits per heavy atom. The molecule has 0 aromatic carbocycles. The Morgan fingerprint density at radius 3 is 1.73 bits per heavy atom. The smallest absolute Gasteiger partial charge is 0.0886 e. The molecule has 2 heterocycles. The van der Waals surface area contributed by atoms with E-state index < -0.39 is 0 Å². The van der Waals surface area contributed by atoms with E-state index >= 15 is 0 Å². The summed E-state index contributed by atoms with van der Waals surface area (Å²) < 4.78 is 0. The number of nitrogens with zero attached hydrogens (tertiary/aromatic N) is 2. The van der Waals surface area contributed by atoms with Crippen LogP contribution in [0, 0.1) is 0 Å². The van der Waals surface area contributed by atoms with Crippen LogP contribution in [0.5, 0.6) is 0 Å². The summed E-state index contributed by atoms with van der Waals surface area (Å²) in [7, 11) is 0. The molecule has 0 aliphatic carbocycles. The van der Waals surface area contributed by atoms with Gasteiger partial charge in [0.05, 0.1) is 11.0 Å². The summed E-state index contributed by atoms with van der Waals surface area (Å²) in [6.07, 6.45) is 3.54. The Labute approximate surface area is 74.9 Å². The monoisotopic (exact) mass is 189 g/mol. The molecule has 0 spiro atoms. The zero-order chi connectivity index (χ0) is 6.81. The fraction of sp³-hybridized carbons (Fsp3) is 0. The number of hydrogen-bond donors (Lipinski definition) is 0. The number of pyridine rings is 2.